The van der Waals surface area contributed by atoms with Crippen LogP contribution in [0.15, 0.2) is 72.8 Å². The maximum Gasteiger partial charge on any atom is 0.254 e. The van der Waals surface area contributed by atoms with E-state index in [4.69, 9.17) is 0 Å². The number of amides is 2. The number of hydrogen-bond donors (Lipinski definition) is 1. The second-order valence-corrected chi connectivity index (χ2v) is 7.52. The predicted octanol–water partition coefficient (Wildman–Crippen LogP) is 4.51. The number of fused-ring (bicyclic) bond motifs is 1. The molecule has 0 fully saturated rings. The Labute approximate surface area is 171 Å². The molecule has 0 saturated heterocycles. The number of rotatable bonds is 3. The first-order valence-electron chi connectivity index (χ1n) is 9.84. The van der Waals surface area contributed by atoms with Crippen LogP contribution in [0.1, 0.15) is 32.6 Å². The largest absolute Gasteiger partial charge is 0.324 e. The second kappa shape index (κ2) is 7.92. The molecule has 1 N–H and O–H groups in total. The normalized spacial score (nSPS) is 15.5. The first-order valence-corrected chi connectivity index (χ1v) is 9.84. The quantitative estimate of drug-likeness (QED) is 0.722. The van der Waals surface area contributed by atoms with E-state index in [9.17, 15) is 9.59 Å². The summed E-state index contributed by atoms with van der Waals surface area (Å²) < 4.78 is 0. The molecule has 1 atom stereocenters. The van der Waals surface area contributed by atoms with Crippen LogP contribution in [-0.4, -0.2) is 22.8 Å². The maximum atomic E-state index is 13.3. The van der Waals surface area contributed by atoms with Crippen molar-refractivity contribution in [1.82, 2.24) is 4.90 Å². The fourth-order valence-electron chi connectivity index (χ4n) is 3.82. The second-order valence-electron chi connectivity index (χ2n) is 7.52. The Morgan fingerprint density at radius 2 is 1.55 bits per heavy atom. The maximum absolute atomic E-state index is 13.3. The number of hydrogen-bond acceptors (Lipinski definition) is 2. The fourth-order valence-corrected chi connectivity index (χ4v) is 3.82. The topological polar surface area (TPSA) is 49.4 Å². The van der Waals surface area contributed by atoms with Gasteiger partial charge in [-0.1, -0.05) is 54.6 Å². The molecule has 0 aliphatic carbocycles. The van der Waals surface area contributed by atoms with E-state index in [2.05, 4.69) is 5.32 Å². The van der Waals surface area contributed by atoms with E-state index in [-0.39, 0.29) is 11.8 Å². The number of nitrogens with zero attached hydrogens (tertiary/aromatic N) is 1. The first kappa shape index (κ1) is 18.9. The molecule has 0 saturated carbocycles. The number of carbonyl (C=O) groups excluding carboxylic acids is 2. The van der Waals surface area contributed by atoms with Gasteiger partial charge in [0.2, 0.25) is 5.91 Å². The molecule has 4 nitrogen and oxygen atoms in total. The predicted molar refractivity (Wildman–Crippen MR) is 115 cm³/mol. The monoisotopic (exact) mass is 384 g/mol. The molecule has 4 rings (SSSR count). The lowest BCUT2D eigenvalue weighted by Crippen LogP contribution is -2.50. The lowest BCUT2D eigenvalue weighted by atomic mass is 9.92. The zero-order chi connectivity index (χ0) is 20.4. The summed E-state index contributed by atoms with van der Waals surface area (Å²) >= 11 is 0. The Balaban J connectivity index is 1.67. The fraction of sp³-hybridized carbons (Fsp3) is 0.200. The summed E-state index contributed by atoms with van der Waals surface area (Å²) in [7, 11) is 0. The third kappa shape index (κ3) is 3.79. The first-order chi connectivity index (χ1) is 14.0. The molecule has 3 aromatic rings. The summed E-state index contributed by atoms with van der Waals surface area (Å²) in [5.74, 6) is -0.279. The van der Waals surface area contributed by atoms with E-state index < -0.39 is 6.04 Å². The van der Waals surface area contributed by atoms with Crippen LogP contribution in [0.4, 0.5) is 5.69 Å². The van der Waals surface area contributed by atoms with Crippen molar-refractivity contribution in [1.29, 1.82) is 0 Å². The minimum absolute atomic E-state index is 0.124. The average Bonchev–Trinajstić information content (AvgIpc) is 2.76. The van der Waals surface area contributed by atoms with E-state index in [1.807, 2.05) is 74.5 Å². The molecular formula is C25H24N2O2. The summed E-state index contributed by atoms with van der Waals surface area (Å²) in [4.78, 5) is 28.2. The van der Waals surface area contributed by atoms with Crippen LogP contribution in [0.25, 0.3) is 0 Å². The molecule has 1 aliphatic heterocycles. The van der Waals surface area contributed by atoms with Crippen molar-refractivity contribution in [3.63, 3.8) is 0 Å². The number of benzene rings is 3. The highest BCUT2D eigenvalue weighted by atomic mass is 16.2. The van der Waals surface area contributed by atoms with Crippen LogP contribution >= 0.6 is 0 Å². The van der Waals surface area contributed by atoms with Crippen molar-refractivity contribution in [3.8, 4) is 0 Å². The van der Waals surface area contributed by atoms with E-state index in [0.29, 0.717) is 18.5 Å². The highest BCUT2D eigenvalue weighted by molar-refractivity contribution is 6.02. The minimum Gasteiger partial charge on any atom is -0.324 e. The lowest BCUT2D eigenvalue weighted by molar-refractivity contribution is -0.121. The SMILES string of the molecule is Cc1cccc(NC(=O)[C@H]2Cc3ccccc3CN2C(=O)c2ccccc2)c1C. The summed E-state index contributed by atoms with van der Waals surface area (Å²) in [6.45, 7) is 4.44. The van der Waals surface area contributed by atoms with Gasteiger partial charge in [-0.15, -0.1) is 0 Å². The molecule has 4 heteroatoms. The minimum atomic E-state index is -0.558. The van der Waals surface area contributed by atoms with Crippen LogP contribution in [0.3, 0.4) is 0 Å². The van der Waals surface area contributed by atoms with Gasteiger partial charge in [0.05, 0.1) is 0 Å². The average molecular weight is 384 g/mol. The van der Waals surface area contributed by atoms with Gasteiger partial charge in [-0.3, -0.25) is 9.59 Å². The van der Waals surface area contributed by atoms with Crippen molar-refractivity contribution in [2.75, 3.05) is 5.32 Å². The van der Waals surface area contributed by atoms with Crippen LogP contribution in [-0.2, 0) is 17.8 Å². The summed E-state index contributed by atoms with van der Waals surface area (Å²) in [5, 5.41) is 3.06. The highest BCUT2D eigenvalue weighted by Crippen LogP contribution is 2.27. The van der Waals surface area contributed by atoms with Crippen molar-refractivity contribution < 1.29 is 9.59 Å². The third-order valence-electron chi connectivity index (χ3n) is 5.70. The molecule has 1 heterocycles. The van der Waals surface area contributed by atoms with Crippen LogP contribution < -0.4 is 5.32 Å². The van der Waals surface area contributed by atoms with Crippen molar-refractivity contribution in [3.05, 3.63) is 101 Å². The van der Waals surface area contributed by atoms with Gasteiger partial charge in [0, 0.05) is 24.2 Å². The molecule has 2 amide bonds. The zero-order valence-corrected chi connectivity index (χ0v) is 16.7. The number of carbonyl (C=O) groups is 2. The summed E-state index contributed by atoms with van der Waals surface area (Å²) in [6, 6.07) is 22.5. The smallest absolute Gasteiger partial charge is 0.254 e. The number of anilines is 1. The van der Waals surface area contributed by atoms with Gasteiger partial charge in [0.15, 0.2) is 0 Å². The molecule has 0 bridgehead atoms. The van der Waals surface area contributed by atoms with Gasteiger partial charge in [0.1, 0.15) is 6.04 Å². The van der Waals surface area contributed by atoms with Crippen LogP contribution in [0.2, 0.25) is 0 Å². The standard InChI is InChI=1S/C25H24N2O2/c1-17-9-8-14-22(18(17)2)26-24(28)23-15-20-12-6-7-13-21(20)16-27(23)25(29)19-10-4-3-5-11-19/h3-14,23H,15-16H2,1-2H3,(H,26,28)/t23-/m1/s1. The zero-order valence-electron chi connectivity index (χ0n) is 16.7. The molecule has 146 valence electrons. The lowest BCUT2D eigenvalue weighted by Gasteiger charge is -2.36. The van der Waals surface area contributed by atoms with E-state index >= 15 is 0 Å². The van der Waals surface area contributed by atoms with Gasteiger partial charge in [-0.25, -0.2) is 0 Å². The Morgan fingerprint density at radius 1 is 0.862 bits per heavy atom. The Bertz CT molecular complexity index is 1060. The Morgan fingerprint density at radius 3 is 2.31 bits per heavy atom. The number of nitrogens with one attached hydrogen (secondary N) is 1. The highest BCUT2D eigenvalue weighted by Gasteiger charge is 2.35. The number of aryl methyl sites for hydroxylation is 1. The van der Waals surface area contributed by atoms with E-state index in [1.54, 1.807) is 17.0 Å². The van der Waals surface area contributed by atoms with Crippen LogP contribution in [0.5, 0.6) is 0 Å². The molecule has 3 aromatic carbocycles. The Hall–Kier alpha value is -3.40. The van der Waals surface area contributed by atoms with Crippen molar-refractivity contribution in [2.45, 2.75) is 32.9 Å². The molecule has 29 heavy (non-hydrogen) atoms. The molecule has 0 radical (unpaired) electrons. The van der Waals surface area contributed by atoms with Gasteiger partial charge >= 0.3 is 0 Å². The molecule has 0 aromatic heterocycles. The Kier molecular flexibility index (Phi) is 5.17. The van der Waals surface area contributed by atoms with Gasteiger partial charge in [-0.2, -0.15) is 0 Å². The molecule has 0 spiro atoms. The van der Waals surface area contributed by atoms with Gasteiger partial charge in [0.25, 0.3) is 5.91 Å². The van der Waals surface area contributed by atoms with Crippen molar-refractivity contribution in [2.24, 2.45) is 0 Å². The third-order valence-corrected chi connectivity index (χ3v) is 5.70. The van der Waals surface area contributed by atoms with E-state index in [0.717, 1.165) is 27.9 Å². The van der Waals surface area contributed by atoms with Crippen molar-refractivity contribution >= 4 is 17.5 Å². The summed E-state index contributed by atoms with van der Waals surface area (Å²) in [6.07, 6.45) is 0.505. The molecular weight excluding hydrogens is 360 g/mol. The molecule has 1 aliphatic rings. The summed E-state index contributed by atoms with van der Waals surface area (Å²) in [5.41, 5.74) is 5.75. The van der Waals surface area contributed by atoms with Crippen LogP contribution in [0, 0.1) is 13.8 Å². The van der Waals surface area contributed by atoms with Gasteiger partial charge < -0.3 is 10.2 Å². The van der Waals surface area contributed by atoms with E-state index in [1.165, 1.54) is 0 Å². The molecule has 0 unspecified atom stereocenters. The van der Waals surface area contributed by atoms with Gasteiger partial charge in [-0.05, 0) is 54.3 Å².